The van der Waals surface area contributed by atoms with Gasteiger partial charge in [0.05, 0.1) is 28.2 Å². The van der Waals surface area contributed by atoms with Crippen LogP contribution in [-0.2, 0) is 19.2 Å². The van der Waals surface area contributed by atoms with Crippen molar-refractivity contribution in [1.82, 2.24) is 40.2 Å². The second kappa shape index (κ2) is 17.1. The van der Waals surface area contributed by atoms with E-state index < -0.39 is 29.7 Å². The van der Waals surface area contributed by atoms with Gasteiger partial charge in [0.15, 0.2) is 0 Å². The molecule has 3 N–H and O–H groups in total. The van der Waals surface area contributed by atoms with Gasteiger partial charge >= 0.3 is 0 Å². The number of benzene rings is 2. The van der Waals surface area contributed by atoms with Crippen molar-refractivity contribution in [2.24, 2.45) is 5.92 Å². The van der Waals surface area contributed by atoms with E-state index in [0.717, 1.165) is 44.0 Å². The first-order valence-electron chi connectivity index (χ1n) is 21.1. The van der Waals surface area contributed by atoms with E-state index in [1.807, 2.05) is 55.3 Å². The first-order chi connectivity index (χ1) is 30.4. The van der Waals surface area contributed by atoms with Crippen LogP contribution in [0, 0.1) is 12.8 Å². The van der Waals surface area contributed by atoms with Crippen LogP contribution in [0.25, 0.3) is 22.2 Å². The highest BCUT2D eigenvalue weighted by molar-refractivity contribution is 6.31. The summed E-state index contributed by atoms with van der Waals surface area (Å²) in [4.78, 5) is 92.6. The second-order valence-electron chi connectivity index (χ2n) is 16.3. The summed E-state index contributed by atoms with van der Waals surface area (Å²) >= 11 is 6.44. The van der Waals surface area contributed by atoms with E-state index in [1.165, 1.54) is 12.1 Å². The summed E-state index contributed by atoms with van der Waals surface area (Å²) in [5.74, 6) is -1.03. The average Bonchev–Trinajstić information content (AvgIpc) is 3.82. The van der Waals surface area contributed by atoms with Gasteiger partial charge < -0.3 is 24.8 Å². The smallest absolute Gasteiger partial charge is 0.262 e. The number of hydrogen-bond donors (Lipinski definition) is 3. The molecule has 4 aliphatic rings. The highest BCUT2D eigenvalue weighted by atomic mass is 35.5. The number of piperazine rings is 1. The Bertz CT molecular complexity index is 2630. The summed E-state index contributed by atoms with van der Waals surface area (Å²) in [5.41, 5.74) is 5.11. The topological polar surface area (TPSA) is 203 Å². The number of fused-ring (bicyclic) bond motifs is 2. The molecule has 2 aromatic carbocycles. The van der Waals surface area contributed by atoms with E-state index in [1.54, 1.807) is 23.4 Å². The van der Waals surface area contributed by atoms with Crippen molar-refractivity contribution in [2.75, 3.05) is 56.0 Å². The first-order valence-corrected chi connectivity index (χ1v) is 21.4. The molecule has 2 atom stereocenters. The fraction of sp³-hybridized carbons (Fsp3) is 0.356. The van der Waals surface area contributed by atoms with Crippen LogP contribution in [0.15, 0.2) is 67.1 Å². The number of nitrogens with zero attached hydrogens (tertiary/aromatic N) is 7. The molecule has 4 aliphatic heterocycles. The Morgan fingerprint density at radius 2 is 1.67 bits per heavy atom. The minimum atomic E-state index is -1.05. The molecule has 1 unspecified atom stereocenters. The van der Waals surface area contributed by atoms with E-state index in [0.29, 0.717) is 68.6 Å². The number of ether oxygens (including phenoxy) is 1. The number of H-pyrrole nitrogens is 1. The van der Waals surface area contributed by atoms with Crippen LogP contribution in [-0.4, -0.2) is 122 Å². The zero-order valence-corrected chi connectivity index (χ0v) is 35.5. The van der Waals surface area contributed by atoms with Crippen molar-refractivity contribution in [3.63, 3.8) is 0 Å². The van der Waals surface area contributed by atoms with Crippen LogP contribution >= 0.6 is 11.6 Å². The van der Waals surface area contributed by atoms with Crippen molar-refractivity contribution >= 4 is 69.5 Å². The van der Waals surface area contributed by atoms with Gasteiger partial charge in [0.2, 0.25) is 23.6 Å². The molecule has 0 aliphatic carbocycles. The van der Waals surface area contributed by atoms with Crippen molar-refractivity contribution < 1.29 is 33.5 Å². The number of nitrogens with one attached hydrogen (secondary N) is 3. The molecule has 5 aromatic rings. The lowest BCUT2D eigenvalue weighted by Gasteiger charge is -2.39. The molecule has 17 nitrogen and oxygen atoms in total. The molecule has 0 saturated carbocycles. The number of imide groups is 2. The highest BCUT2D eigenvalue weighted by Gasteiger charge is 2.44. The second-order valence-corrected chi connectivity index (χ2v) is 16.7. The van der Waals surface area contributed by atoms with Crippen molar-refractivity contribution in [2.45, 2.75) is 51.7 Å². The molecule has 0 bridgehead atoms. The Balaban J connectivity index is 0.738. The van der Waals surface area contributed by atoms with Gasteiger partial charge in [-0.3, -0.25) is 49.1 Å². The van der Waals surface area contributed by atoms with Gasteiger partial charge in [-0.05, 0) is 87.2 Å². The number of hydrogen-bond acceptors (Lipinski definition) is 12. The van der Waals surface area contributed by atoms with Gasteiger partial charge in [-0.25, -0.2) is 4.98 Å². The first kappa shape index (κ1) is 41.5. The molecule has 18 heteroatoms. The van der Waals surface area contributed by atoms with E-state index in [2.05, 4.69) is 30.7 Å². The maximum atomic E-state index is 13.6. The van der Waals surface area contributed by atoms with Crippen LogP contribution in [0.1, 0.15) is 70.6 Å². The number of anilines is 2. The standard InChI is InChI=1S/C45H45ClN10O7/c1-25-21-47-23-34(46)40(25)26(2)63-30-5-7-35-33(20-30)41(52-51-35)28-3-9-37(49-22-28)53-15-17-55(18-16-53)43(60)27-11-13-54(14-12-27)39(58)24-48-29-4-6-31-32(19-29)45(62)56(44(31)61)36-8-10-38(57)50-42(36)59/h3-7,9,19-23,26-27,36,48H,8,10-18,24H2,1-2H3,(H,51,52)(H,50,57,59)/t26-,36?/m1/s1. The molecule has 63 heavy (non-hydrogen) atoms. The number of piperidine rings is 2. The van der Waals surface area contributed by atoms with Crippen LogP contribution < -0.4 is 20.3 Å². The molecule has 6 amide bonds. The minimum absolute atomic E-state index is 0.0352. The fourth-order valence-corrected chi connectivity index (χ4v) is 9.34. The Hall–Kier alpha value is -6.88. The van der Waals surface area contributed by atoms with Gasteiger partial charge in [-0.2, -0.15) is 5.10 Å². The van der Waals surface area contributed by atoms with Crippen LogP contribution in [0.3, 0.4) is 0 Å². The largest absolute Gasteiger partial charge is 0.486 e. The maximum absolute atomic E-state index is 13.6. The van der Waals surface area contributed by atoms with Crippen LogP contribution in [0.5, 0.6) is 5.75 Å². The molecule has 3 saturated heterocycles. The number of amides is 6. The molecule has 3 aromatic heterocycles. The molecular formula is C45H45ClN10O7. The lowest BCUT2D eigenvalue weighted by molar-refractivity contribution is -0.140. The third kappa shape index (κ3) is 8.15. The maximum Gasteiger partial charge on any atom is 0.262 e. The number of aromatic nitrogens is 4. The molecule has 0 spiro atoms. The minimum Gasteiger partial charge on any atom is -0.486 e. The van der Waals surface area contributed by atoms with E-state index >= 15 is 0 Å². The van der Waals surface area contributed by atoms with Gasteiger partial charge in [0.1, 0.15) is 29.4 Å². The van der Waals surface area contributed by atoms with Gasteiger partial charge in [-0.1, -0.05) is 11.6 Å². The quantitative estimate of drug-likeness (QED) is 0.166. The molecule has 0 radical (unpaired) electrons. The zero-order valence-electron chi connectivity index (χ0n) is 34.7. The monoisotopic (exact) mass is 872 g/mol. The van der Waals surface area contributed by atoms with Crippen LogP contribution in [0.2, 0.25) is 5.02 Å². The van der Waals surface area contributed by atoms with E-state index in [9.17, 15) is 28.8 Å². The predicted octanol–water partition coefficient (Wildman–Crippen LogP) is 4.52. The SMILES string of the molecule is Cc1cncc(Cl)c1[C@@H](C)Oc1ccc2[nH]nc(-c3ccc(N4CCN(C(=O)C5CCN(C(=O)CNc6ccc7c(c6)C(=O)N(C6CCC(=O)NC6=O)C7=O)CC5)CC4)nc3)c2c1. The number of rotatable bonds is 10. The number of likely N-dealkylation sites (tertiary alicyclic amines) is 1. The number of aryl methyl sites for hydroxylation is 1. The Labute approximate surface area is 367 Å². The summed E-state index contributed by atoms with van der Waals surface area (Å²) in [6.45, 7) is 7.21. The normalized spacial score (nSPS) is 18.7. The van der Waals surface area contributed by atoms with Crippen LogP contribution in [0.4, 0.5) is 11.5 Å². The molecule has 7 heterocycles. The number of pyridine rings is 2. The summed E-state index contributed by atoms with van der Waals surface area (Å²) in [7, 11) is 0. The third-order valence-electron chi connectivity index (χ3n) is 12.4. The molecule has 3 fully saturated rings. The molecule has 9 rings (SSSR count). The van der Waals surface area contributed by atoms with E-state index in [-0.39, 0.29) is 54.3 Å². The number of halogens is 1. The number of carbonyl (C=O) groups is 6. The van der Waals surface area contributed by atoms with Gasteiger partial charge in [0.25, 0.3) is 11.8 Å². The summed E-state index contributed by atoms with van der Waals surface area (Å²) in [6, 6.07) is 13.4. The lowest BCUT2D eigenvalue weighted by Crippen LogP contribution is -2.54. The highest BCUT2D eigenvalue weighted by Crippen LogP contribution is 2.34. The lowest BCUT2D eigenvalue weighted by atomic mass is 9.95. The predicted molar refractivity (Wildman–Crippen MR) is 232 cm³/mol. The zero-order chi connectivity index (χ0) is 43.9. The fourth-order valence-electron chi connectivity index (χ4n) is 8.98. The Kier molecular flexibility index (Phi) is 11.3. The van der Waals surface area contributed by atoms with Crippen molar-refractivity contribution in [3.05, 3.63) is 94.4 Å². The summed E-state index contributed by atoms with van der Waals surface area (Å²) < 4.78 is 6.31. The molecular weight excluding hydrogens is 828 g/mol. The van der Waals surface area contributed by atoms with Gasteiger partial charge in [0, 0.05) is 92.4 Å². The van der Waals surface area contributed by atoms with Crippen molar-refractivity contribution in [1.29, 1.82) is 0 Å². The van der Waals surface area contributed by atoms with E-state index in [4.69, 9.17) is 21.3 Å². The summed E-state index contributed by atoms with van der Waals surface area (Å²) in [5, 5.41) is 14.4. The summed E-state index contributed by atoms with van der Waals surface area (Å²) in [6.07, 6.45) is 6.15. The Morgan fingerprint density at radius 1 is 0.889 bits per heavy atom. The number of carbonyl (C=O) groups excluding carboxylic acids is 6. The van der Waals surface area contributed by atoms with Crippen molar-refractivity contribution in [3.8, 4) is 17.0 Å². The van der Waals surface area contributed by atoms with Gasteiger partial charge in [-0.15, -0.1) is 0 Å². The average molecular weight is 873 g/mol. The number of aromatic amines is 1. The third-order valence-corrected chi connectivity index (χ3v) is 12.7. The molecule has 324 valence electrons. The Morgan fingerprint density at radius 3 is 2.40 bits per heavy atom.